The van der Waals surface area contributed by atoms with Crippen molar-refractivity contribution in [2.45, 2.75) is 32.7 Å². The smallest absolute Gasteiger partial charge is 0.0462 e. The van der Waals surface area contributed by atoms with E-state index in [4.69, 9.17) is 0 Å². The van der Waals surface area contributed by atoms with Crippen LogP contribution in [0.1, 0.15) is 30.4 Å². The third-order valence-electron chi connectivity index (χ3n) is 3.98. The lowest BCUT2D eigenvalue weighted by Crippen LogP contribution is -2.26. The van der Waals surface area contributed by atoms with E-state index in [0.29, 0.717) is 18.4 Å². The number of nitrogens with one attached hydrogen (secondary N) is 1. The van der Waals surface area contributed by atoms with Crippen molar-refractivity contribution in [3.63, 3.8) is 0 Å². The first-order valence-electron chi connectivity index (χ1n) is 6.77. The Labute approximate surface area is 118 Å². The molecule has 2 unspecified atom stereocenters. The second-order valence-electron chi connectivity index (χ2n) is 5.36. The number of aryl methyl sites for hydroxylation is 1. The molecule has 1 saturated carbocycles. The summed E-state index contributed by atoms with van der Waals surface area (Å²) < 4.78 is 1.18. The van der Waals surface area contributed by atoms with E-state index in [1.165, 1.54) is 34.9 Å². The zero-order valence-corrected chi connectivity index (χ0v) is 12.5. The number of rotatable bonds is 5. The summed E-state index contributed by atoms with van der Waals surface area (Å²) in [5, 5.41) is 12.8. The monoisotopic (exact) mass is 311 g/mol. The van der Waals surface area contributed by atoms with Gasteiger partial charge in [-0.3, -0.25) is 0 Å². The van der Waals surface area contributed by atoms with Gasteiger partial charge in [-0.1, -0.05) is 34.5 Å². The molecule has 1 aromatic rings. The molecule has 0 heterocycles. The molecule has 1 fully saturated rings. The highest BCUT2D eigenvalue weighted by molar-refractivity contribution is 9.10. The molecule has 2 nitrogen and oxygen atoms in total. The topological polar surface area (TPSA) is 32.3 Å². The normalized spacial score (nSPS) is 23.5. The predicted octanol–water partition coefficient (Wildman–Crippen LogP) is 3.26. The van der Waals surface area contributed by atoms with Crippen LogP contribution in [0.3, 0.4) is 0 Å². The SMILES string of the molecule is Cc1ccc(CNCC2CCCC2CO)c(Br)c1. The van der Waals surface area contributed by atoms with Crippen molar-refractivity contribution in [1.29, 1.82) is 0 Å². The van der Waals surface area contributed by atoms with Gasteiger partial charge in [-0.2, -0.15) is 0 Å². The highest BCUT2D eigenvalue weighted by atomic mass is 79.9. The van der Waals surface area contributed by atoms with E-state index in [9.17, 15) is 5.11 Å². The van der Waals surface area contributed by atoms with E-state index in [1.54, 1.807) is 0 Å². The van der Waals surface area contributed by atoms with E-state index in [-0.39, 0.29) is 0 Å². The van der Waals surface area contributed by atoms with Crippen molar-refractivity contribution in [3.05, 3.63) is 33.8 Å². The number of benzene rings is 1. The molecular formula is C15H22BrNO. The van der Waals surface area contributed by atoms with Crippen LogP contribution >= 0.6 is 15.9 Å². The molecule has 0 spiro atoms. The summed E-state index contributed by atoms with van der Waals surface area (Å²) in [6.07, 6.45) is 3.72. The van der Waals surface area contributed by atoms with Gasteiger partial charge in [-0.15, -0.1) is 0 Å². The lowest BCUT2D eigenvalue weighted by molar-refractivity contribution is 0.192. The molecule has 2 N–H and O–H groups in total. The third-order valence-corrected chi connectivity index (χ3v) is 4.72. The molecule has 0 amide bonds. The van der Waals surface area contributed by atoms with Gasteiger partial charge in [0.25, 0.3) is 0 Å². The van der Waals surface area contributed by atoms with E-state index in [0.717, 1.165) is 13.1 Å². The van der Waals surface area contributed by atoms with Crippen LogP contribution in [0.4, 0.5) is 0 Å². The molecule has 3 heteroatoms. The van der Waals surface area contributed by atoms with Gasteiger partial charge in [0.15, 0.2) is 0 Å². The number of hydrogen-bond acceptors (Lipinski definition) is 2. The molecule has 0 aliphatic heterocycles. The molecule has 0 radical (unpaired) electrons. The van der Waals surface area contributed by atoms with Crippen molar-refractivity contribution in [2.24, 2.45) is 11.8 Å². The molecule has 1 aliphatic carbocycles. The Kier molecular flexibility index (Phi) is 5.22. The Bertz CT molecular complexity index is 394. The van der Waals surface area contributed by atoms with E-state index >= 15 is 0 Å². The van der Waals surface area contributed by atoms with Crippen molar-refractivity contribution in [1.82, 2.24) is 5.32 Å². The van der Waals surface area contributed by atoms with Crippen LogP contribution < -0.4 is 5.32 Å². The predicted molar refractivity (Wildman–Crippen MR) is 78.5 cm³/mol. The maximum Gasteiger partial charge on any atom is 0.0462 e. The minimum Gasteiger partial charge on any atom is -0.396 e. The lowest BCUT2D eigenvalue weighted by atomic mass is 9.97. The fourth-order valence-corrected chi connectivity index (χ4v) is 3.44. The van der Waals surface area contributed by atoms with Crippen LogP contribution in [0.2, 0.25) is 0 Å². The highest BCUT2D eigenvalue weighted by Gasteiger charge is 2.25. The summed E-state index contributed by atoms with van der Waals surface area (Å²) in [7, 11) is 0. The fraction of sp³-hybridized carbons (Fsp3) is 0.600. The molecule has 0 saturated heterocycles. The number of hydrogen-bond donors (Lipinski definition) is 2. The summed E-state index contributed by atoms with van der Waals surface area (Å²) in [6.45, 7) is 4.37. The van der Waals surface area contributed by atoms with Gasteiger partial charge in [-0.05, 0) is 55.3 Å². The minimum absolute atomic E-state index is 0.348. The van der Waals surface area contributed by atoms with Crippen molar-refractivity contribution < 1.29 is 5.11 Å². The van der Waals surface area contributed by atoms with Gasteiger partial charge in [0.1, 0.15) is 0 Å². The molecule has 1 aliphatic rings. The first-order valence-corrected chi connectivity index (χ1v) is 7.56. The van der Waals surface area contributed by atoms with E-state index in [1.807, 2.05) is 0 Å². The van der Waals surface area contributed by atoms with Gasteiger partial charge in [0.05, 0.1) is 0 Å². The van der Waals surface area contributed by atoms with Crippen LogP contribution in [0.25, 0.3) is 0 Å². The van der Waals surface area contributed by atoms with Crippen LogP contribution in [-0.4, -0.2) is 18.3 Å². The summed E-state index contributed by atoms with van der Waals surface area (Å²) in [4.78, 5) is 0. The van der Waals surface area contributed by atoms with Crippen LogP contribution in [0, 0.1) is 18.8 Å². The van der Waals surface area contributed by atoms with Crippen LogP contribution in [0.5, 0.6) is 0 Å². The fourth-order valence-electron chi connectivity index (χ4n) is 2.81. The zero-order chi connectivity index (χ0) is 13.0. The average Bonchev–Trinajstić information content (AvgIpc) is 2.79. The van der Waals surface area contributed by atoms with E-state index < -0.39 is 0 Å². The molecule has 1 aromatic carbocycles. The summed E-state index contributed by atoms with van der Waals surface area (Å²) in [5.74, 6) is 1.16. The van der Waals surface area contributed by atoms with Crippen LogP contribution in [-0.2, 0) is 6.54 Å². The van der Waals surface area contributed by atoms with Crippen LogP contribution in [0.15, 0.2) is 22.7 Å². The van der Waals surface area contributed by atoms with Gasteiger partial charge < -0.3 is 10.4 Å². The minimum atomic E-state index is 0.348. The molecule has 0 aromatic heterocycles. The number of aliphatic hydroxyl groups excluding tert-OH is 1. The molecule has 0 bridgehead atoms. The first kappa shape index (κ1) is 14.0. The molecule has 100 valence electrons. The number of halogens is 1. The Morgan fingerprint density at radius 1 is 1.33 bits per heavy atom. The Balaban J connectivity index is 1.81. The third kappa shape index (κ3) is 3.56. The largest absolute Gasteiger partial charge is 0.396 e. The highest BCUT2D eigenvalue weighted by Crippen LogP contribution is 2.30. The maximum atomic E-state index is 9.29. The van der Waals surface area contributed by atoms with Crippen molar-refractivity contribution in [2.75, 3.05) is 13.2 Å². The van der Waals surface area contributed by atoms with Gasteiger partial charge in [0, 0.05) is 17.6 Å². The lowest BCUT2D eigenvalue weighted by Gasteiger charge is -2.18. The molecular weight excluding hydrogens is 290 g/mol. The second-order valence-corrected chi connectivity index (χ2v) is 6.21. The van der Waals surface area contributed by atoms with Gasteiger partial charge in [0.2, 0.25) is 0 Å². The van der Waals surface area contributed by atoms with Gasteiger partial charge in [-0.25, -0.2) is 0 Å². The van der Waals surface area contributed by atoms with E-state index in [2.05, 4.69) is 46.4 Å². The summed E-state index contributed by atoms with van der Waals surface area (Å²) >= 11 is 3.61. The second kappa shape index (κ2) is 6.69. The Morgan fingerprint density at radius 2 is 2.11 bits per heavy atom. The first-order chi connectivity index (χ1) is 8.70. The van der Waals surface area contributed by atoms with Crippen molar-refractivity contribution >= 4 is 15.9 Å². The Hall–Kier alpha value is -0.380. The van der Waals surface area contributed by atoms with Crippen molar-refractivity contribution in [3.8, 4) is 0 Å². The summed E-state index contributed by atoms with van der Waals surface area (Å²) in [5.41, 5.74) is 2.58. The Morgan fingerprint density at radius 3 is 2.83 bits per heavy atom. The maximum absolute atomic E-state index is 9.29. The average molecular weight is 312 g/mol. The molecule has 18 heavy (non-hydrogen) atoms. The van der Waals surface area contributed by atoms with Gasteiger partial charge >= 0.3 is 0 Å². The molecule has 2 rings (SSSR count). The standard InChI is InChI=1S/C15H22BrNO/c1-11-5-6-13(15(16)7-11)9-17-8-12-3-2-4-14(12)10-18/h5-7,12,14,17-18H,2-4,8-10H2,1H3. The number of aliphatic hydroxyl groups is 1. The zero-order valence-electron chi connectivity index (χ0n) is 11.0. The quantitative estimate of drug-likeness (QED) is 0.875. The summed E-state index contributed by atoms with van der Waals surface area (Å²) in [6, 6.07) is 6.47. The molecule has 2 atom stereocenters.